The highest BCUT2D eigenvalue weighted by molar-refractivity contribution is 5.88. The first-order chi connectivity index (χ1) is 8.51. The summed E-state index contributed by atoms with van der Waals surface area (Å²) >= 11 is 0. The number of rotatable bonds is 3. The van der Waals surface area contributed by atoms with Crippen molar-refractivity contribution in [2.24, 2.45) is 0 Å². The summed E-state index contributed by atoms with van der Waals surface area (Å²) in [6.45, 7) is 3.97. The van der Waals surface area contributed by atoms with Gasteiger partial charge in [0.2, 0.25) is 5.91 Å². The van der Waals surface area contributed by atoms with Crippen LogP contribution in [0.4, 0.5) is 0 Å². The summed E-state index contributed by atoms with van der Waals surface area (Å²) in [4.78, 5) is 14.0. The fourth-order valence-electron chi connectivity index (χ4n) is 2.34. The van der Waals surface area contributed by atoms with Crippen molar-refractivity contribution >= 4 is 5.91 Å². The molecule has 0 aliphatic carbocycles. The maximum Gasteiger partial charge on any atom is 0.243 e. The molecule has 18 heavy (non-hydrogen) atoms. The molecule has 1 amide bonds. The first-order valence-corrected chi connectivity index (χ1v) is 6.20. The molecule has 2 atom stereocenters. The predicted molar refractivity (Wildman–Crippen MR) is 70.3 cm³/mol. The van der Waals surface area contributed by atoms with Crippen molar-refractivity contribution in [1.82, 2.24) is 10.2 Å². The van der Waals surface area contributed by atoms with Gasteiger partial charge in [-0.3, -0.25) is 10.1 Å². The van der Waals surface area contributed by atoms with Gasteiger partial charge in [-0.2, -0.15) is 0 Å². The average molecular weight is 248 g/mol. The minimum atomic E-state index is -0.470. The Morgan fingerprint density at radius 1 is 1.50 bits per heavy atom. The van der Waals surface area contributed by atoms with E-state index in [4.69, 9.17) is 4.74 Å². The van der Waals surface area contributed by atoms with Gasteiger partial charge in [0.1, 0.15) is 11.9 Å². The van der Waals surface area contributed by atoms with Gasteiger partial charge in [0.25, 0.3) is 0 Å². The van der Waals surface area contributed by atoms with Crippen LogP contribution in [0.2, 0.25) is 0 Å². The van der Waals surface area contributed by atoms with Crippen molar-refractivity contribution in [3.8, 4) is 5.75 Å². The molecule has 1 heterocycles. The van der Waals surface area contributed by atoms with Gasteiger partial charge in [-0.15, -0.1) is 0 Å². The van der Waals surface area contributed by atoms with E-state index in [0.29, 0.717) is 0 Å². The lowest BCUT2D eigenvalue weighted by molar-refractivity contribution is -0.131. The Balaban J connectivity index is 2.32. The van der Waals surface area contributed by atoms with E-state index in [1.54, 1.807) is 12.0 Å². The number of benzene rings is 1. The van der Waals surface area contributed by atoms with Crippen LogP contribution in [0.25, 0.3) is 0 Å². The third-order valence-corrected chi connectivity index (χ3v) is 3.75. The van der Waals surface area contributed by atoms with Crippen molar-refractivity contribution < 1.29 is 9.53 Å². The Hall–Kier alpha value is -1.55. The molecule has 1 aromatic carbocycles. The van der Waals surface area contributed by atoms with E-state index in [1.165, 1.54) is 0 Å². The lowest BCUT2D eigenvalue weighted by Crippen LogP contribution is -2.42. The zero-order chi connectivity index (χ0) is 13.3. The summed E-state index contributed by atoms with van der Waals surface area (Å²) in [6.07, 6.45) is 0.689. The lowest BCUT2D eigenvalue weighted by Gasteiger charge is -2.20. The number of amides is 1. The number of nitrogens with one attached hydrogen (secondary N) is 1. The molecule has 0 spiro atoms. The normalized spacial score (nSPS) is 27.7. The molecule has 1 aromatic rings. The summed E-state index contributed by atoms with van der Waals surface area (Å²) in [5, 5.41) is 3.40. The van der Waals surface area contributed by atoms with Crippen LogP contribution >= 0.6 is 0 Å². The smallest absolute Gasteiger partial charge is 0.243 e. The van der Waals surface area contributed by atoms with E-state index in [9.17, 15) is 4.79 Å². The largest absolute Gasteiger partial charge is 0.497 e. The van der Waals surface area contributed by atoms with Gasteiger partial charge in [0, 0.05) is 7.05 Å². The second-order valence-corrected chi connectivity index (χ2v) is 4.93. The number of hydrogen-bond donors (Lipinski definition) is 1. The van der Waals surface area contributed by atoms with Crippen LogP contribution in [0.1, 0.15) is 32.0 Å². The Morgan fingerprint density at radius 2 is 2.22 bits per heavy atom. The van der Waals surface area contributed by atoms with E-state index in [2.05, 4.69) is 5.32 Å². The number of nitrogens with zero attached hydrogens (tertiary/aromatic N) is 1. The highest BCUT2D eigenvalue weighted by Crippen LogP contribution is 2.32. The monoisotopic (exact) mass is 248 g/mol. The standard InChI is InChI=1S/C14H20N2O2/c1-5-14(2)13(17)16(3)12(15-14)10-7-6-8-11(9-10)18-4/h6-9,12,15H,5H2,1-4H3. The second-order valence-electron chi connectivity index (χ2n) is 4.93. The number of ether oxygens (including phenoxy) is 1. The molecule has 98 valence electrons. The van der Waals surface area contributed by atoms with Crippen molar-refractivity contribution in [2.45, 2.75) is 32.0 Å². The molecular weight excluding hydrogens is 228 g/mol. The maximum absolute atomic E-state index is 12.2. The SMILES string of the molecule is CCC1(C)NC(c2cccc(OC)c2)N(C)C1=O. The number of hydrogen-bond acceptors (Lipinski definition) is 3. The minimum Gasteiger partial charge on any atom is -0.497 e. The molecule has 0 saturated carbocycles. The quantitative estimate of drug-likeness (QED) is 0.888. The van der Waals surface area contributed by atoms with E-state index >= 15 is 0 Å². The number of methoxy groups -OCH3 is 1. The Morgan fingerprint density at radius 3 is 2.78 bits per heavy atom. The van der Waals surface area contributed by atoms with Gasteiger partial charge in [-0.25, -0.2) is 0 Å². The van der Waals surface area contributed by atoms with Gasteiger partial charge in [-0.05, 0) is 31.0 Å². The topological polar surface area (TPSA) is 41.6 Å². The first kappa shape index (κ1) is 12.9. The van der Waals surface area contributed by atoms with Crippen molar-refractivity contribution in [1.29, 1.82) is 0 Å². The fourth-order valence-corrected chi connectivity index (χ4v) is 2.34. The molecule has 1 aliphatic rings. The third-order valence-electron chi connectivity index (χ3n) is 3.75. The molecule has 1 saturated heterocycles. The Labute approximate surface area is 108 Å². The van der Waals surface area contributed by atoms with Crippen LogP contribution in [-0.2, 0) is 4.79 Å². The zero-order valence-corrected chi connectivity index (χ0v) is 11.4. The molecule has 0 aromatic heterocycles. The third kappa shape index (κ3) is 1.97. The fraction of sp³-hybridized carbons (Fsp3) is 0.500. The van der Waals surface area contributed by atoms with Crippen LogP contribution in [0.5, 0.6) is 5.75 Å². The maximum atomic E-state index is 12.2. The summed E-state index contributed by atoms with van der Waals surface area (Å²) in [6, 6.07) is 7.81. The molecule has 4 nitrogen and oxygen atoms in total. The molecule has 4 heteroatoms. The van der Waals surface area contributed by atoms with Crippen molar-refractivity contribution in [3.05, 3.63) is 29.8 Å². The first-order valence-electron chi connectivity index (χ1n) is 6.20. The van der Waals surface area contributed by atoms with Crippen molar-refractivity contribution in [3.63, 3.8) is 0 Å². The predicted octanol–water partition coefficient (Wildman–Crippen LogP) is 1.92. The van der Waals surface area contributed by atoms with E-state index in [-0.39, 0.29) is 12.1 Å². The highest BCUT2D eigenvalue weighted by Gasteiger charge is 2.45. The second kappa shape index (κ2) is 4.61. The van der Waals surface area contributed by atoms with E-state index < -0.39 is 5.54 Å². The lowest BCUT2D eigenvalue weighted by atomic mass is 9.99. The summed E-state index contributed by atoms with van der Waals surface area (Å²) < 4.78 is 5.22. The van der Waals surface area contributed by atoms with Gasteiger partial charge in [0.15, 0.2) is 0 Å². The summed E-state index contributed by atoms with van der Waals surface area (Å²) in [5.41, 5.74) is 0.574. The van der Waals surface area contributed by atoms with Crippen LogP contribution in [0.3, 0.4) is 0 Å². The van der Waals surface area contributed by atoms with Gasteiger partial charge in [-0.1, -0.05) is 19.1 Å². The van der Waals surface area contributed by atoms with Crippen LogP contribution < -0.4 is 10.1 Å². The van der Waals surface area contributed by atoms with Gasteiger partial charge >= 0.3 is 0 Å². The summed E-state index contributed by atoms with van der Waals surface area (Å²) in [7, 11) is 3.48. The van der Waals surface area contributed by atoms with Gasteiger partial charge in [0.05, 0.1) is 12.6 Å². The number of carbonyl (C=O) groups excluding carboxylic acids is 1. The molecule has 1 fully saturated rings. The molecule has 2 unspecified atom stereocenters. The molecule has 0 bridgehead atoms. The molecule has 0 radical (unpaired) electrons. The Bertz CT molecular complexity index is 461. The molecule has 2 rings (SSSR count). The van der Waals surface area contributed by atoms with E-state index in [0.717, 1.165) is 17.7 Å². The van der Waals surface area contributed by atoms with Gasteiger partial charge < -0.3 is 9.64 Å². The molecular formula is C14H20N2O2. The highest BCUT2D eigenvalue weighted by atomic mass is 16.5. The molecule has 1 aliphatic heterocycles. The van der Waals surface area contributed by atoms with Crippen LogP contribution in [0.15, 0.2) is 24.3 Å². The number of likely N-dealkylation sites (N-methyl/N-ethyl adjacent to an activating group) is 1. The van der Waals surface area contributed by atoms with Crippen LogP contribution in [0, 0.1) is 0 Å². The summed E-state index contributed by atoms with van der Waals surface area (Å²) in [5.74, 6) is 0.943. The number of carbonyl (C=O) groups is 1. The molecule has 1 N–H and O–H groups in total. The van der Waals surface area contributed by atoms with E-state index in [1.807, 2.05) is 45.2 Å². The van der Waals surface area contributed by atoms with Crippen molar-refractivity contribution in [2.75, 3.05) is 14.2 Å². The zero-order valence-electron chi connectivity index (χ0n) is 11.4. The Kier molecular flexibility index (Phi) is 3.30. The van der Waals surface area contributed by atoms with Crippen LogP contribution in [-0.4, -0.2) is 30.5 Å². The average Bonchev–Trinajstić information content (AvgIpc) is 2.64. The minimum absolute atomic E-state index is 0.0856.